The molecule has 0 aromatic rings. The van der Waals surface area contributed by atoms with Gasteiger partial charge in [0.25, 0.3) is 0 Å². The summed E-state index contributed by atoms with van der Waals surface area (Å²) in [6.07, 6.45) is -1.19. The number of alkyl halides is 1. The van der Waals surface area contributed by atoms with E-state index in [1.807, 2.05) is 6.92 Å². The van der Waals surface area contributed by atoms with Crippen molar-refractivity contribution in [3.8, 4) is 0 Å². The first-order valence-electron chi connectivity index (χ1n) is 6.99. The van der Waals surface area contributed by atoms with E-state index < -0.39 is 6.17 Å². The Kier molecular flexibility index (Phi) is 14.1. The van der Waals surface area contributed by atoms with Crippen LogP contribution < -0.4 is 10.6 Å². The first-order chi connectivity index (χ1) is 9.66. The Hall–Kier alpha value is -0.760. The molecule has 7 heteroatoms. The number of hydrogen-bond acceptors (Lipinski definition) is 5. The Morgan fingerprint density at radius 3 is 2.30 bits per heavy atom. The van der Waals surface area contributed by atoms with Crippen LogP contribution in [0.2, 0.25) is 0 Å². The van der Waals surface area contributed by atoms with Crippen molar-refractivity contribution in [2.24, 2.45) is 0 Å². The van der Waals surface area contributed by atoms with Gasteiger partial charge in [-0.1, -0.05) is 6.92 Å². The van der Waals surface area contributed by atoms with Gasteiger partial charge in [-0.25, -0.2) is 4.39 Å². The molecule has 0 saturated heterocycles. The largest absolute Gasteiger partial charge is 0.378 e. The summed E-state index contributed by atoms with van der Waals surface area (Å²) in [5, 5.41) is 5.54. The molecule has 0 aliphatic heterocycles. The van der Waals surface area contributed by atoms with Crippen LogP contribution in [0.3, 0.4) is 0 Å². The molecule has 0 aromatic heterocycles. The monoisotopic (exact) mass is 294 g/mol. The molecule has 0 aliphatic carbocycles. The van der Waals surface area contributed by atoms with E-state index in [1.54, 1.807) is 0 Å². The highest BCUT2D eigenvalue weighted by Gasteiger charge is 2.06. The molecule has 0 heterocycles. The molecule has 2 N–H and O–H groups in total. The molecule has 120 valence electrons. The van der Waals surface area contributed by atoms with Gasteiger partial charge in [0.1, 0.15) is 6.17 Å². The van der Waals surface area contributed by atoms with Crippen molar-refractivity contribution in [1.82, 2.24) is 10.6 Å². The molecule has 6 nitrogen and oxygen atoms in total. The molecule has 1 amide bonds. The van der Waals surface area contributed by atoms with Crippen LogP contribution in [-0.4, -0.2) is 71.4 Å². The Morgan fingerprint density at radius 1 is 1.10 bits per heavy atom. The molecule has 1 unspecified atom stereocenters. The van der Waals surface area contributed by atoms with Gasteiger partial charge < -0.3 is 24.8 Å². The van der Waals surface area contributed by atoms with E-state index in [9.17, 15) is 9.18 Å². The number of amides is 1. The van der Waals surface area contributed by atoms with Gasteiger partial charge in [0.2, 0.25) is 5.91 Å². The zero-order valence-corrected chi connectivity index (χ0v) is 12.5. The standard InChI is InChI=1S/C13H27FN2O4/c1-3-15-4-5-18-6-7-19-8-9-20-11-13(14)10-16-12(2)17/h13,15H,3-11H2,1-2H3,(H,16,17). The van der Waals surface area contributed by atoms with Gasteiger partial charge in [0, 0.05) is 13.5 Å². The Balaban J connectivity index is 3.10. The van der Waals surface area contributed by atoms with Crippen LogP contribution in [0.5, 0.6) is 0 Å². The van der Waals surface area contributed by atoms with Crippen LogP contribution >= 0.6 is 0 Å². The molecule has 0 aromatic carbocycles. The number of rotatable bonds is 14. The maximum Gasteiger partial charge on any atom is 0.216 e. The predicted octanol–water partition coefficient (Wildman–Crippen LogP) is 0.120. The highest BCUT2D eigenvalue weighted by molar-refractivity contribution is 5.72. The van der Waals surface area contributed by atoms with E-state index in [0.717, 1.165) is 13.1 Å². The molecule has 1 atom stereocenters. The molecule has 0 bridgehead atoms. The summed E-state index contributed by atoms with van der Waals surface area (Å²) in [5.74, 6) is -0.245. The molecule has 0 radical (unpaired) electrons. The number of carbonyl (C=O) groups is 1. The molecule has 0 spiro atoms. The van der Waals surface area contributed by atoms with E-state index >= 15 is 0 Å². The topological polar surface area (TPSA) is 68.8 Å². The second-order valence-corrected chi connectivity index (χ2v) is 4.19. The SMILES string of the molecule is CCNCCOCCOCCOCC(F)CNC(C)=O. The number of halogens is 1. The summed E-state index contributed by atoms with van der Waals surface area (Å²) < 4.78 is 28.8. The average molecular weight is 294 g/mol. The number of hydrogen-bond donors (Lipinski definition) is 2. The van der Waals surface area contributed by atoms with Crippen LogP contribution in [-0.2, 0) is 19.0 Å². The average Bonchev–Trinajstić information content (AvgIpc) is 2.42. The highest BCUT2D eigenvalue weighted by atomic mass is 19.1. The van der Waals surface area contributed by atoms with Gasteiger partial charge in [-0.05, 0) is 6.54 Å². The van der Waals surface area contributed by atoms with Gasteiger partial charge in [-0.15, -0.1) is 0 Å². The minimum Gasteiger partial charge on any atom is -0.378 e. The lowest BCUT2D eigenvalue weighted by Crippen LogP contribution is -2.30. The maximum absolute atomic E-state index is 13.1. The second kappa shape index (κ2) is 14.6. The van der Waals surface area contributed by atoms with Crippen molar-refractivity contribution in [3.63, 3.8) is 0 Å². The summed E-state index contributed by atoms with van der Waals surface area (Å²) in [6.45, 7) is 7.56. The van der Waals surface area contributed by atoms with E-state index in [1.165, 1.54) is 6.92 Å². The van der Waals surface area contributed by atoms with Gasteiger partial charge in [-0.2, -0.15) is 0 Å². The number of likely N-dealkylation sites (N-methyl/N-ethyl adjacent to an activating group) is 1. The minimum absolute atomic E-state index is 0.0180. The quantitative estimate of drug-likeness (QED) is 0.445. The molecule has 0 aliphatic rings. The van der Waals surface area contributed by atoms with Crippen LogP contribution in [0.4, 0.5) is 4.39 Å². The first kappa shape index (κ1) is 19.2. The Labute approximate surface area is 120 Å². The third-order valence-corrected chi connectivity index (χ3v) is 2.29. The van der Waals surface area contributed by atoms with E-state index in [0.29, 0.717) is 33.0 Å². The lowest BCUT2D eigenvalue weighted by molar-refractivity contribution is -0.119. The van der Waals surface area contributed by atoms with Crippen LogP contribution in [0.1, 0.15) is 13.8 Å². The Morgan fingerprint density at radius 2 is 1.70 bits per heavy atom. The van der Waals surface area contributed by atoms with Gasteiger partial charge in [0.05, 0.1) is 46.2 Å². The van der Waals surface area contributed by atoms with Crippen molar-refractivity contribution in [2.75, 3.05) is 59.3 Å². The molecule has 20 heavy (non-hydrogen) atoms. The second-order valence-electron chi connectivity index (χ2n) is 4.19. The highest BCUT2D eigenvalue weighted by Crippen LogP contribution is 1.91. The normalized spacial score (nSPS) is 12.3. The van der Waals surface area contributed by atoms with Gasteiger partial charge in [0.15, 0.2) is 0 Å². The fourth-order valence-electron chi connectivity index (χ4n) is 1.29. The van der Waals surface area contributed by atoms with Gasteiger partial charge >= 0.3 is 0 Å². The van der Waals surface area contributed by atoms with Crippen LogP contribution in [0, 0.1) is 0 Å². The van der Waals surface area contributed by atoms with Crippen molar-refractivity contribution >= 4 is 5.91 Å². The van der Waals surface area contributed by atoms with Gasteiger partial charge in [-0.3, -0.25) is 4.79 Å². The van der Waals surface area contributed by atoms with Crippen molar-refractivity contribution < 1.29 is 23.4 Å². The number of nitrogens with one attached hydrogen (secondary N) is 2. The fraction of sp³-hybridized carbons (Fsp3) is 0.923. The van der Waals surface area contributed by atoms with Crippen molar-refractivity contribution in [2.45, 2.75) is 20.0 Å². The van der Waals surface area contributed by atoms with E-state index in [4.69, 9.17) is 14.2 Å². The van der Waals surface area contributed by atoms with Crippen LogP contribution in [0.15, 0.2) is 0 Å². The van der Waals surface area contributed by atoms with E-state index in [-0.39, 0.29) is 19.1 Å². The minimum atomic E-state index is -1.19. The summed E-state index contributed by atoms with van der Waals surface area (Å²) >= 11 is 0. The zero-order chi connectivity index (χ0) is 15.1. The molecular formula is C13H27FN2O4. The summed E-state index contributed by atoms with van der Waals surface area (Å²) in [4.78, 5) is 10.6. The number of ether oxygens (including phenoxy) is 3. The smallest absolute Gasteiger partial charge is 0.216 e. The van der Waals surface area contributed by atoms with Crippen molar-refractivity contribution in [1.29, 1.82) is 0 Å². The lowest BCUT2D eigenvalue weighted by Gasteiger charge is -2.10. The third-order valence-electron chi connectivity index (χ3n) is 2.29. The van der Waals surface area contributed by atoms with Crippen molar-refractivity contribution in [3.05, 3.63) is 0 Å². The lowest BCUT2D eigenvalue weighted by atomic mass is 10.4. The molecule has 0 saturated carbocycles. The number of carbonyl (C=O) groups excluding carboxylic acids is 1. The van der Waals surface area contributed by atoms with E-state index in [2.05, 4.69) is 10.6 Å². The summed E-state index contributed by atoms with van der Waals surface area (Å²) in [6, 6.07) is 0. The summed E-state index contributed by atoms with van der Waals surface area (Å²) in [5.41, 5.74) is 0. The summed E-state index contributed by atoms with van der Waals surface area (Å²) in [7, 11) is 0. The molecular weight excluding hydrogens is 267 g/mol. The fourth-order valence-corrected chi connectivity index (χ4v) is 1.29. The maximum atomic E-state index is 13.1. The Bertz CT molecular complexity index is 232. The molecule has 0 rings (SSSR count). The molecule has 0 fully saturated rings. The predicted molar refractivity (Wildman–Crippen MR) is 74.6 cm³/mol. The van der Waals surface area contributed by atoms with Crippen LogP contribution in [0.25, 0.3) is 0 Å². The third kappa shape index (κ3) is 15.3. The first-order valence-corrected chi connectivity index (χ1v) is 6.99. The zero-order valence-electron chi connectivity index (χ0n) is 12.5.